The normalized spacial score (nSPS) is 11.7. The number of hydrogen-bond donors (Lipinski definition) is 1. The van der Waals surface area contributed by atoms with Gasteiger partial charge in [-0.3, -0.25) is 0 Å². The summed E-state index contributed by atoms with van der Waals surface area (Å²) in [5, 5.41) is 3.42. The third kappa shape index (κ3) is 4.94. The lowest BCUT2D eigenvalue weighted by Gasteiger charge is -2.14. The fraction of sp³-hybridized carbons (Fsp3) is 0.200. The number of benzene rings is 2. The van der Waals surface area contributed by atoms with Crippen LogP contribution in [0.25, 0.3) is 0 Å². The minimum atomic E-state index is -0.195. The van der Waals surface area contributed by atoms with Gasteiger partial charge in [0.05, 0.1) is 0 Å². The van der Waals surface area contributed by atoms with Crippen LogP contribution in [0.4, 0.5) is 4.39 Å². The van der Waals surface area contributed by atoms with Crippen molar-refractivity contribution in [2.45, 2.75) is 19.5 Å². The second-order valence-electron chi connectivity index (χ2n) is 4.28. The van der Waals surface area contributed by atoms with Crippen molar-refractivity contribution < 1.29 is 4.39 Å². The molecular formula is C15H16BrClFN. The van der Waals surface area contributed by atoms with E-state index >= 15 is 0 Å². The molecule has 1 N–H and O–H groups in total. The molecule has 2 rings (SSSR count). The zero-order chi connectivity index (χ0) is 13.0. The molecule has 0 radical (unpaired) electrons. The number of nitrogens with one attached hydrogen (secondary N) is 1. The SMILES string of the molecule is CC(NCc1ccc(F)cc1)c1ccc(Br)cc1.Cl. The lowest BCUT2D eigenvalue weighted by Crippen LogP contribution is -2.17. The van der Waals surface area contributed by atoms with Gasteiger partial charge in [0.2, 0.25) is 0 Å². The Morgan fingerprint density at radius 1 is 1.05 bits per heavy atom. The van der Waals surface area contributed by atoms with E-state index in [1.165, 1.54) is 17.7 Å². The van der Waals surface area contributed by atoms with Crippen LogP contribution >= 0.6 is 28.3 Å². The summed E-state index contributed by atoms with van der Waals surface area (Å²) in [6.45, 7) is 2.85. The van der Waals surface area contributed by atoms with E-state index in [1.807, 2.05) is 12.1 Å². The third-order valence-corrected chi connectivity index (χ3v) is 3.42. The average molecular weight is 345 g/mol. The monoisotopic (exact) mass is 343 g/mol. The summed E-state index contributed by atoms with van der Waals surface area (Å²) in [5.41, 5.74) is 2.32. The van der Waals surface area contributed by atoms with Gasteiger partial charge in [0.1, 0.15) is 5.82 Å². The molecule has 19 heavy (non-hydrogen) atoms. The van der Waals surface area contributed by atoms with Crippen molar-refractivity contribution in [3.05, 3.63) is 69.9 Å². The summed E-state index contributed by atoms with van der Waals surface area (Å²) in [7, 11) is 0. The highest BCUT2D eigenvalue weighted by Gasteiger charge is 2.04. The molecule has 1 unspecified atom stereocenters. The maximum atomic E-state index is 12.8. The Kier molecular flexibility index (Phi) is 6.49. The first-order chi connectivity index (χ1) is 8.65. The summed E-state index contributed by atoms with van der Waals surface area (Å²) in [5.74, 6) is -0.195. The van der Waals surface area contributed by atoms with E-state index in [4.69, 9.17) is 0 Å². The standard InChI is InChI=1S/C15H15BrFN.ClH/c1-11(13-4-6-14(16)7-5-13)18-10-12-2-8-15(17)9-3-12;/h2-9,11,18H,10H2,1H3;1H. The molecule has 0 aliphatic carbocycles. The Hall–Kier alpha value is -0.900. The summed E-state index contributed by atoms with van der Waals surface area (Å²) in [6.07, 6.45) is 0. The molecule has 0 saturated heterocycles. The Morgan fingerprint density at radius 3 is 2.21 bits per heavy atom. The molecule has 0 heterocycles. The fourth-order valence-corrected chi connectivity index (χ4v) is 2.01. The van der Waals surface area contributed by atoms with Crippen molar-refractivity contribution in [3.8, 4) is 0 Å². The first-order valence-corrected chi connectivity index (χ1v) is 6.68. The summed E-state index contributed by atoms with van der Waals surface area (Å²) in [6, 6.07) is 15.1. The number of hydrogen-bond acceptors (Lipinski definition) is 1. The number of rotatable bonds is 4. The fourth-order valence-electron chi connectivity index (χ4n) is 1.74. The highest BCUT2D eigenvalue weighted by Crippen LogP contribution is 2.17. The van der Waals surface area contributed by atoms with Gasteiger partial charge in [-0.1, -0.05) is 40.2 Å². The third-order valence-electron chi connectivity index (χ3n) is 2.90. The zero-order valence-electron chi connectivity index (χ0n) is 10.6. The first-order valence-electron chi connectivity index (χ1n) is 5.88. The molecule has 102 valence electrons. The maximum Gasteiger partial charge on any atom is 0.123 e. The number of halogens is 3. The van der Waals surface area contributed by atoms with Crippen LogP contribution in [-0.2, 0) is 6.54 Å². The van der Waals surface area contributed by atoms with Crippen LogP contribution in [0.2, 0.25) is 0 Å². The van der Waals surface area contributed by atoms with Crippen molar-refractivity contribution in [1.29, 1.82) is 0 Å². The maximum absolute atomic E-state index is 12.8. The van der Waals surface area contributed by atoms with Gasteiger partial charge >= 0.3 is 0 Å². The molecule has 0 fully saturated rings. The van der Waals surface area contributed by atoms with Crippen molar-refractivity contribution >= 4 is 28.3 Å². The largest absolute Gasteiger partial charge is 0.306 e. The highest BCUT2D eigenvalue weighted by atomic mass is 79.9. The van der Waals surface area contributed by atoms with Crippen LogP contribution in [0.5, 0.6) is 0 Å². The molecular weight excluding hydrogens is 329 g/mol. The van der Waals surface area contributed by atoms with E-state index in [0.717, 1.165) is 16.6 Å². The molecule has 0 bridgehead atoms. The average Bonchev–Trinajstić information content (AvgIpc) is 2.38. The van der Waals surface area contributed by atoms with Crippen LogP contribution in [0.3, 0.4) is 0 Å². The molecule has 2 aromatic rings. The Labute approximate surface area is 127 Å². The quantitative estimate of drug-likeness (QED) is 0.835. The van der Waals surface area contributed by atoms with Gasteiger partial charge in [0, 0.05) is 17.1 Å². The molecule has 0 saturated carbocycles. The van der Waals surface area contributed by atoms with Crippen molar-refractivity contribution in [3.63, 3.8) is 0 Å². The highest BCUT2D eigenvalue weighted by molar-refractivity contribution is 9.10. The molecule has 0 aromatic heterocycles. The van der Waals surface area contributed by atoms with Gasteiger partial charge < -0.3 is 5.32 Å². The Balaban J connectivity index is 0.00000180. The van der Waals surface area contributed by atoms with Crippen LogP contribution in [0.15, 0.2) is 53.0 Å². The van der Waals surface area contributed by atoms with Gasteiger partial charge in [-0.2, -0.15) is 0 Å². The molecule has 2 aromatic carbocycles. The van der Waals surface area contributed by atoms with Crippen LogP contribution in [0.1, 0.15) is 24.1 Å². The molecule has 0 aliphatic rings. The zero-order valence-corrected chi connectivity index (χ0v) is 13.0. The minimum absolute atomic E-state index is 0. The van der Waals surface area contributed by atoms with E-state index in [1.54, 1.807) is 12.1 Å². The van der Waals surface area contributed by atoms with Crippen molar-refractivity contribution in [2.75, 3.05) is 0 Å². The van der Waals surface area contributed by atoms with Gasteiger partial charge in [0.15, 0.2) is 0 Å². The predicted molar refractivity (Wildman–Crippen MR) is 83.0 cm³/mol. The lowest BCUT2D eigenvalue weighted by atomic mass is 10.1. The molecule has 0 amide bonds. The van der Waals surface area contributed by atoms with Gasteiger partial charge in [0.25, 0.3) is 0 Å². The van der Waals surface area contributed by atoms with E-state index < -0.39 is 0 Å². The van der Waals surface area contributed by atoms with Gasteiger partial charge in [-0.05, 0) is 42.3 Å². The summed E-state index contributed by atoms with van der Waals surface area (Å²) in [4.78, 5) is 0. The second kappa shape index (κ2) is 7.63. The molecule has 0 spiro atoms. The lowest BCUT2D eigenvalue weighted by molar-refractivity contribution is 0.573. The van der Waals surface area contributed by atoms with Crippen LogP contribution < -0.4 is 5.32 Å². The molecule has 1 atom stereocenters. The smallest absolute Gasteiger partial charge is 0.123 e. The van der Waals surface area contributed by atoms with Gasteiger partial charge in [-0.15, -0.1) is 12.4 Å². The Morgan fingerprint density at radius 2 is 1.63 bits per heavy atom. The minimum Gasteiger partial charge on any atom is -0.306 e. The summed E-state index contributed by atoms with van der Waals surface area (Å²) < 4.78 is 13.8. The van der Waals surface area contributed by atoms with Crippen molar-refractivity contribution in [2.24, 2.45) is 0 Å². The topological polar surface area (TPSA) is 12.0 Å². The van der Waals surface area contributed by atoms with Crippen LogP contribution in [-0.4, -0.2) is 0 Å². The van der Waals surface area contributed by atoms with Crippen LogP contribution in [0, 0.1) is 5.82 Å². The second-order valence-corrected chi connectivity index (χ2v) is 5.20. The molecule has 4 heteroatoms. The molecule has 0 aliphatic heterocycles. The van der Waals surface area contributed by atoms with E-state index in [0.29, 0.717) is 0 Å². The van der Waals surface area contributed by atoms with E-state index in [-0.39, 0.29) is 24.3 Å². The van der Waals surface area contributed by atoms with Gasteiger partial charge in [-0.25, -0.2) is 4.39 Å². The Bertz CT molecular complexity index is 499. The predicted octanol–water partition coefficient (Wildman–Crippen LogP) is 4.86. The summed E-state index contributed by atoms with van der Waals surface area (Å²) >= 11 is 3.42. The molecule has 1 nitrogen and oxygen atoms in total. The first kappa shape index (κ1) is 16.2. The van der Waals surface area contributed by atoms with E-state index in [9.17, 15) is 4.39 Å². The van der Waals surface area contributed by atoms with E-state index in [2.05, 4.69) is 40.3 Å². The van der Waals surface area contributed by atoms with Crippen molar-refractivity contribution in [1.82, 2.24) is 5.32 Å².